The summed E-state index contributed by atoms with van der Waals surface area (Å²) in [6, 6.07) is 27.2. The summed E-state index contributed by atoms with van der Waals surface area (Å²) < 4.78 is 5.71. The van der Waals surface area contributed by atoms with E-state index in [9.17, 15) is 4.79 Å². The van der Waals surface area contributed by atoms with Crippen molar-refractivity contribution in [2.45, 2.75) is 13.0 Å². The van der Waals surface area contributed by atoms with Crippen LogP contribution in [0.15, 0.2) is 96.2 Å². The summed E-state index contributed by atoms with van der Waals surface area (Å²) in [7, 11) is 0. The van der Waals surface area contributed by atoms with E-state index >= 15 is 0 Å². The molecule has 0 aliphatic carbocycles. The summed E-state index contributed by atoms with van der Waals surface area (Å²) in [6.07, 6.45) is 3.63. The third-order valence-electron chi connectivity index (χ3n) is 4.63. The Bertz CT molecular complexity index is 1150. The van der Waals surface area contributed by atoms with Crippen LogP contribution >= 0.6 is 0 Å². The second-order valence-corrected chi connectivity index (χ2v) is 6.79. The maximum absolute atomic E-state index is 12.3. The maximum Gasteiger partial charge on any atom is 0.244 e. The molecule has 0 saturated carbocycles. The average Bonchev–Trinajstić information content (AvgIpc) is 2.79. The molecule has 0 radical (unpaired) electrons. The third-order valence-corrected chi connectivity index (χ3v) is 4.63. The molecule has 1 amide bonds. The molecule has 5 heteroatoms. The van der Waals surface area contributed by atoms with Crippen LogP contribution in [0.4, 0.5) is 0 Å². The van der Waals surface area contributed by atoms with E-state index in [2.05, 4.69) is 15.5 Å². The minimum atomic E-state index is -0.155. The summed E-state index contributed by atoms with van der Waals surface area (Å²) in [4.78, 5) is 16.5. The van der Waals surface area contributed by atoms with Crippen LogP contribution in [0, 0.1) is 0 Å². The van der Waals surface area contributed by atoms with Gasteiger partial charge in [-0.1, -0.05) is 48.5 Å². The average molecular weight is 395 g/mol. The highest BCUT2D eigenvalue weighted by molar-refractivity contribution is 5.90. The molecule has 0 fully saturated rings. The lowest BCUT2D eigenvalue weighted by Gasteiger charge is -2.06. The Morgan fingerprint density at radius 2 is 1.73 bits per heavy atom. The first-order valence-corrected chi connectivity index (χ1v) is 9.69. The van der Waals surface area contributed by atoms with Crippen molar-refractivity contribution in [1.29, 1.82) is 0 Å². The zero-order chi connectivity index (χ0) is 20.6. The minimum absolute atomic E-state index is 0.155. The molecule has 30 heavy (non-hydrogen) atoms. The SMILES string of the molecule is O=C(Cc1cccc2ccccc12)N/N=C/c1ccc(OCc2ccccn2)cc1. The second kappa shape index (κ2) is 9.47. The molecule has 1 N–H and O–H groups in total. The molecule has 0 spiro atoms. The fourth-order valence-electron chi connectivity index (χ4n) is 3.13. The number of hydrazone groups is 1. The Kier molecular flexibility index (Phi) is 6.11. The Morgan fingerprint density at radius 1 is 0.933 bits per heavy atom. The number of nitrogens with zero attached hydrogens (tertiary/aromatic N) is 2. The van der Waals surface area contributed by atoms with Gasteiger partial charge in [0.1, 0.15) is 12.4 Å². The summed E-state index contributed by atoms with van der Waals surface area (Å²) in [6.45, 7) is 0.415. The van der Waals surface area contributed by atoms with E-state index in [1.165, 1.54) is 0 Å². The van der Waals surface area contributed by atoms with Crippen molar-refractivity contribution >= 4 is 22.9 Å². The van der Waals surface area contributed by atoms with Crippen molar-refractivity contribution in [2.75, 3.05) is 0 Å². The van der Waals surface area contributed by atoms with E-state index in [1.54, 1.807) is 12.4 Å². The van der Waals surface area contributed by atoms with Gasteiger partial charge in [-0.25, -0.2) is 5.43 Å². The molecular formula is C25H21N3O2. The van der Waals surface area contributed by atoms with Crippen LogP contribution in [0.25, 0.3) is 10.8 Å². The molecule has 0 unspecified atom stereocenters. The number of nitrogens with one attached hydrogen (secondary N) is 1. The Morgan fingerprint density at radius 3 is 2.57 bits per heavy atom. The summed E-state index contributed by atoms with van der Waals surface area (Å²) >= 11 is 0. The van der Waals surface area contributed by atoms with Crippen molar-refractivity contribution in [2.24, 2.45) is 5.10 Å². The number of pyridine rings is 1. The molecule has 0 bridgehead atoms. The quantitative estimate of drug-likeness (QED) is 0.370. The van der Waals surface area contributed by atoms with Gasteiger partial charge in [-0.2, -0.15) is 5.10 Å². The highest BCUT2D eigenvalue weighted by atomic mass is 16.5. The van der Waals surface area contributed by atoms with Crippen LogP contribution in [0.5, 0.6) is 5.75 Å². The van der Waals surface area contributed by atoms with Gasteiger partial charge in [0.05, 0.1) is 18.3 Å². The molecule has 148 valence electrons. The predicted molar refractivity (Wildman–Crippen MR) is 118 cm³/mol. The van der Waals surface area contributed by atoms with E-state index in [0.29, 0.717) is 6.61 Å². The van der Waals surface area contributed by atoms with Crippen molar-refractivity contribution < 1.29 is 9.53 Å². The van der Waals surface area contributed by atoms with Gasteiger partial charge in [-0.3, -0.25) is 9.78 Å². The number of rotatable bonds is 7. The number of amides is 1. The van der Waals surface area contributed by atoms with Crippen LogP contribution in [-0.4, -0.2) is 17.1 Å². The second-order valence-electron chi connectivity index (χ2n) is 6.79. The number of carbonyl (C=O) groups excluding carboxylic acids is 1. The number of benzene rings is 3. The van der Waals surface area contributed by atoms with Crippen LogP contribution in [0.3, 0.4) is 0 Å². The molecule has 1 heterocycles. The number of aromatic nitrogens is 1. The number of hydrogen-bond donors (Lipinski definition) is 1. The van der Waals surface area contributed by atoms with Crippen LogP contribution < -0.4 is 10.2 Å². The molecule has 0 aliphatic rings. The first kappa shape index (κ1) is 19.3. The zero-order valence-corrected chi connectivity index (χ0v) is 16.4. The Labute approximate surface area is 175 Å². The first-order chi connectivity index (χ1) is 14.8. The van der Waals surface area contributed by atoms with Gasteiger partial charge in [-0.15, -0.1) is 0 Å². The maximum atomic E-state index is 12.3. The Balaban J connectivity index is 1.30. The summed E-state index contributed by atoms with van der Waals surface area (Å²) in [5.74, 6) is 0.593. The Hall–Kier alpha value is -3.99. The number of carbonyl (C=O) groups is 1. The van der Waals surface area contributed by atoms with E-state index in [4.69, 9.17) is 4.74 Å². The number of hydrogen-bond acceptors (Lipinski definition) is 4. The zero-order valence-electron chi connectivity index (χ0n) is 16.4. The lowest BCUT2D eigenvalue weighted by molar-refractivity contribution is -0.120. The van der Waals surface area contributed by atoms with Gasteiger partial charge in [0.15, 0.2) is 0 Å². The largest absolute Gasteiger partial charge is 0.487 e. The fourth-order valence-corrected chi connectivity index (χ4v) is 3.13. The van der Waals surface area contributed by atoms with E-state index in [0.717, 1.165) is 33.3 Å². The molecule has 1 aromatic heterocycles. The molecule has 3 aromatic carbocycles. The third kappa shape index (κ3) is 5.08. The topological polar surface area (TPSA) is 63.6 Å². The standard InChI is InChI=1S/C25H21N3O2/c29-25(16-21-8-5-7-20-6-1-2-10-24(20)21)28-27-17-19-11-13-23(14-12-19)30-18-22-9-3-4-15-26-22/h1-15,17H,16,18H2,(H,28,29)/b27-17+. The normalized spacial score (nSPS) is 10.9. The fraction of sp³-hybridized carbons (Fsp3) is 0.0800. The van der Waals surface area contributed by atoms with Gasteiger partial charge in [-0.05, 0) is 58.3 Å². The molecule has 0 saturated heterocycles. The van der Waals surface area contributed by atoms with Gasteiger partial charge in [0.2, 0.25) is 5.91 Å². The molecule has 0 aliphatic heterocycles. The van der Waals surface area contributed by atoms with Crippen LogP contribution in [0.2, 0.25) is 0 Å². The van der Waals surface area contributed by atoms with Crippen molar-refractivity contribution in [3.05, 3.63) is 108 Å². The van der Waals surface area contributed by atoms with Gasteiger partial charge < -0.3 is 4.74 Å². The van der Waals surface area contributed by atoms with Crippen molar-refractivity contribution in [1.82, 2.24) is 10.4 Å². The monoisotopic (exact) mass is 395 g/mol. The summed E-state index contributed by atoms with van der Waals surface area (Å²) in [5.41, 5.74) is 5.32. The predicted octanol–water partition coefficient (Wildman–Crippen LogP) is 4.51. The molecule has 5 nitrogen and oxygen atoms in total. The lowest BCUT2D eigenvalue weighted by Crippen LogP contribution is -2.19. The van der Waals surface area contributed by atoms with Gasteiger partial charge in [0.25, 0.3) is 0 Å². The minimum Gasteiger partial charge on any atom is -0.487 e. The first-order valence-electron chi connectivity index (χ1n) is 9.69. The molecule has 0 atom stereocenters. The lowest BCUT2D eigenvalue weighted by atomic mass is 10.0. The van der Waals surface area contributed by atoms with E-state index in [1.807, 2.05) is 84.9 Å². The van der Waals surface area contributed by atoms with Gasteiger partial charge in [0, 0.05) is 6.20 Å². The number of fused-ring (bicyclic) bond motifs is 1. The van der Waals surface area contributed by atoms with E-state index in [-0.39, 0.29) is 12.3 Å². The highest BCUT2D eigenvalue weighted by Crippen LogP contribution is 2.18. The van der Waals surface area contributed by atoms with E-state index < -0.39 is 0 Å². The molecule has 4 rings (SSSR count). The van der Waals surface area contributed by atoms with Crippen LogP contribution in [0.1, 0.15) is 16.8 Å². The smallest absolute Gasteiger partial charge is 0.244 e. The number of ether oxygens (including phenoxy) is 1. The van der Waals surface area contributed by atoms with Crippen LogP contribution in [-0.2, 0) is 17.8 Å². The molecule has 4 aromatic rings. The van der Waals surface area contributed by atoms with Crippen molar-refractivity contribution in [3.63, 3.8) is 0 Å². The molecular weight excluding hydrogens is 374 g/mol. The van der Waals surface area contributed by atoms with Crippen molar-refractivity contribution in [3.8, 4) is 5.75 Å². The summed E-state index contributed by atoms with van der Waals surface area (Å²) in [5, 5.41) is 6.27. The highest BCUT2D eigenvalue weighted by Gasteiger charge is 2.06. The van der Waals surface area contributed by atoms with Gasteiger partial charge >= 0.3 is 0 Å².